The third kappa shape index (κ3) is 4.74. The Morgan fingerprint density at radius 2 is 2.38 bits per heavy atom. The van der Waals surface area contributed by atoms with Crippen molar-refractivity contribution in [1.82, 2.24) is 4.90 Å². The molecule has 2 heterocycles. The van der Waals surface area contributed by atoms with E-state index in [-0.39, 0.29) is 11.9 Å². The molecule has 6 heteroatoms. The standard InChI is InChI=1S/C15H21NO3S2/c1-2-18-15(20)21-11-14(17)16-9-5-3-4-7-12(16)13-8-6-10-19-13/h6,8,10,12H,2-5,7,9,11H2,1H3. The average Bonchev–Trinajstić information content (AvgIpc) is 2.89. The Morgan fingerprint density at radius 3 is 3.10 bits per heavy atom. The Kier molecular flexibility index (Phi) is 6.57. The van der Waals surface area contributed by atoms with Crippen LogP contribution in [0.1, 0.15) is 44.4 Å². The Labute approximate surface area is 135 Å². The van der Waals surface area contributed by atoms with E-state index in [9.17, 15) is 4.79 Å². The molecule has 0 spiro atoms. The van der Waals surface area contributed by atoms with E-state index < -0.39 is 0 Å². The lowest BCUT2D eigenvalue weighted by Crippen LogP contribution is -2.36. The highest BCUT2D eigenvalue weighted by Gasteiger charge is 2.28. The Bertz CT molecular complexity index is 461. The lowest BCUT2D eigenvalue weighted by Gasteiger charge is -2.28. The normalized spacial score (nSPS) is 19.1. The molecule has 4 nitrogen and oxygen atoms in total. The van der Waals surface area contributed by atoms with E-state index in [1.54, 1.807) is 6.26 Å². The molecule has 0 aliphatic carbocycles. The van der Waals surface area contributed by atoms with Crippen LogP contribution in [0, 0.1) is 0 Å². The summed E-state index contributed by atoms with van der Waals surface area (Å²) in [6.07, 6.45) is 5.95. The van der Waals surface area contributed by atoms with Gasteiger partial charge in [0, 0.05) is 6.54 Å². The number of hydrogen-bond acceptors (Lipinski definition) is 5. The number of thioether (sulfide) groups is 1. The van der Waals surface area contributed by atoms with E-state index in [0.717, 1.165) is 38.0 Å². The molecule has 1 atom stereocenters. The maximum atomic E-state index is 12.5. The third-order valence-corrected chi connectivity index (χ3v) is 4.74. The number of likely N-dealkylation sites (tertiary alicyclic amines) is 1. The van der Waals surface area contributed by atoms with E-state index in [2.05, 4.69) is 0 Å². The summed E-state index contributed by atoms with van der Waals surface area (Å²) in [5.74, 6) is 1.31. The van der Waals surface area contributed by atoms with Crippen LogP contribution < -0.4 is 0 Å². The summed E-state index contributed by atoms with van der Waals surface area (Å²) in [7, 11) is 0. The molecule has 0 radical (unpaired) electrons. The number of carbonyl (C=O) groups is 1. The fourth-order valence-electron chi connectivity index (χ4n) is 2.55. The Balaban J connectivity index is 1.99. The molecule has 1 aromatic rings. The van der Waals surface area contributed by atoms with Crippen LogP contribution in [0.15, 0.2) is 22.8 Å². The molecule has 0 saturated carbocycles. The minimum absolute atomic E-state index is 0.0521. The molecule has 1 amide bonds. The van der Waals surface area contributed by atoms with Crippen molar-refractivity contribution in [1.29, 1.82) is 0 Å². The van der Waals surface area contributed by atoms with Gasteiger partial charge in [0.25, 0.3) is 0 Å². The molecule has 1 aromatic heterocycles. The lowest BCUT2D eigenvalue weighted by molar-refractivity contribution is -0.131. The zero-order valence-electron chi connectivity index (χ0n) is 12.2. The summed E-state index contributed by atoms with van der Waals surface area (Å²) in [5, 5.41) is 0. The maximum Gasteiger partial charge on any atom is 0.233 e. The molecular formula is C15H21NO3S2. The number of hydrogen-bond donors (Lipinski definition) is 0. The molecular weight excluding hydrogens is 306 g/mol. The zero-order chi connectivity index (χ0) is 15.1. The van der Waals surface area contributed by atoms with Gasteiger partial charge in [0.1, 0.15) is 5.76 Å². The third-order valence-electron chi connectivity index (χ3n) is 3.52. The van der Waals surface area contributed by atoms with Crippen molar-refractivity contribution in [2.24, 2.45) is 0 Å². The van der Waals surface area contributed by atoms with Crippen molar-refractivity contribution in [2.45, 2.75) is 38.6 Å². The number of rotatable bonds is 4. The minimum atomic E-state index is 0.0521. The highest BCUT2D eigenvalue weighted by atomic mass is 32.2. The first kappa shape index (κ1) is 16.4. The van der Waals surface area contributed by atoms with Gasteiger partial charge in [0.2, 0.25) is 10.3 Å². The van der Waals surface area contributed by atoms with Crippen molar-refractivity contribution in [3.05, 3.63) is 24.2 Å². The summed E-state index contributed by atoms with van der Waals surface area (Å²) >= 11 is 6.36. The van der Waals surface area contributed by atoms with Crippen LogP contribution >= 0.6 is 24.0 Å². The van der Waals surface area contributed by atoms with E-state index in [1.165, 1.54) is 11.8 Å². The van der Waals surface area contributed by atoms with Crippen molar-refractivity contribution < 1.29 is 13.9 Å². The van der Waals surface area contributed by atoms with Gasteiger partial charge in [0.05, 0.1) is 24.7 Å². The molecule has 1 saturated heterocycles. The molecule has 0 N–H and O–H groups in total. The van der Waals surface area contributed by atoms with Crippen molar-refractivity contribution in [3.63, 3.8) is 0 Å². The molecule has 1 unspecified atom stereocenters. The molecule has 0 bridgehead atoms. The van der Waals surface area contributed by atoms with Gasteiger partial charge >= 0.3 is 0 Å². The fourth-order valence-corrected chi connectivity index (χ4v) is 3.45. The summed E-state index contributed by atoms with van der Waals surface area (Å²) in [5.41, 5.74) is 0. The molecule has 0 aromatic carbocycles. The summed E-state index contributed by atoms with van der Waals surface area (Å²) in [4.78, 5) is 14.5. The molecule has 1 aliphatic rings. The molecule has 21 heavy (non-hydrogen) atoms. The van der Waals surface area contributed by atoms with Crippen molar-refractivity contribution >= 4 is 34.3 Å². The van der Waals surface area contributed by atoms with E-state index in [0.29, 0.717) is 16.7 Å². The smallest absolute Gasteiger partial charge is 0.233 e. The number of thiocarbonyl (C=S) groups is 1. The number of ether oxygens (including phenoxy) is 1. The molecule has 1 fully saturated rings. The summed E-state index contributed by atoms with van der Waals surface area (Å²) in [6, 6.07) is 3.88. The average molecular weight is 327 g/mol. The topological polar surface area (TPSA) is 42.7 Å². The maximum absolute atomic E-state index is 12.5. The van der Waals surface area contributed by atoms with Gasteiger partial charge in [-0.05, 0) is 44.1 Å². The number of furan rings is 1. The second-order valence-corrected chi connectivity index (χ2v) is 6.52. The molecule has 1 aliphatic heterocycles. The number of carbonyl (C=O) groups excluding carboxylic acids is 1. The predicted molar refractivity (Wildman–Crippen MR) is 88.3 cm³/mol. The Hall–Kier alpha value is -1.01. The van der Waals surface area contributed by atoms with Gasteiger partial charge in [-0.2, -0.15) is 0 Å². The molecule has 2 rings (SSSR count). The first-order valence-corrected chi connectivity index (χ1v) is 8.74. The Morgan fingerprint density at radius 1 is 1.52 bits per heavy atom. The summed E-state index contributed by atoms with van der Waals surface area (Å²) < 4.78 is 11.2. The minimum Gasteiger partial charge on any atom is -0.479 e. The largest absolute Gasteiger partial charge is 0.479 e. The van der Waals surface area contributed by atoms with Crippen LogP contribution in [0.25, 0.3) is 0 Å². The quantitative estimate of drug-likeness (QED) is 0.787. The van der Waals surface area contributed by atoms with Gasteiger partial charge in [-0.25, -0.2) is 0 Å². The van der Waals surface area contributed by atoms with E-state index >= 15 is 0 Å². The monoisotopic (exact) mass is 327 g/mol. The predicted octanol–water partition coefficient (Wildman–Crippen LogP) is 3.78. The van der Waals surface area contributed by atoms with Gasteiger partial charge in [-0.3, -0.25) is 4.79 Å². The van der Waals surface area contributed by atoms with Gasteiger partial charge in [-0.1, -0.05) is 24.6 Å². The van der Waals surface area contributed by atoms with Crippen molar-refractivity contribution in [2.75, 3.05) is 18.9 Å². The number of amides is 1. The van der Waals surface area contributed by atoms with Crippen molar-refractivity contribution in [3.8, 4) is 0 Å². The first-order valence-electron chi connectivity index (χ1n) is 7.34. The van der Waals surface area contributed by atoms with Gasteiger partial charge < -0.3 is 14.1 Å². The van der Waals surface area contributed by atoms with Crippen LogP contribution in [0.2, 0.25) is 0 Å². The second-order valence-electron chi connectivity index (χ2n) is 4.94. The lowest BCUT2D eigenvalue weighted by atomic mass is 10.1. The summed E-state index contributed by atoms with van der Waals surface area (Å²) in [6.45, 7) is 3.21. The van der Waals surface area contributed by atoms with E-state index in [1.807, 2.05) is 24.0 Å². The van der Waals surface area contributed by atoms with Crippen LogP contribution in [0.3, 0.4) is 0 Å². The van der Waals surface area contributed by atoms with Crippen LogP contribution in [-0.2, 0) is 9.53 Å². The molecule has 116 valence electrons. The van der Waals surface area contributed by atoms with Gasteiger partial charge in [0.15, 0.2) is 0 Å². The van der Waals surface area contributed by atoms with Crippen LogP contribution in [0.4, 0.5) is 0 Å². The van der Waals surface area contributed by atoms with E-state index in [4.69, 9.17) is 21.4 Å². The SMILES string of the molecule is CCOC(=S)SCC(=O)N1CCCCCC1c1ccco1. The second kappa shape index (κ2) is 8.44. The van der Waals surface area contributed by atoms with Crippen LogP contribution in [-0.4, -0.2) is 34.1 Å². The fraction of sp³-hybridized carbons (Fsp3) is 0.600. The highest BCUT2D eigenvalue weighted by molar-refractivity contribution is 8.23. The van der Waals surface area contributed by atoms with Gasteiger partial charge in [-0.15, -0.1) is 0 Å². The highest BCUT2D eigenvalue weighted by Crippen LogP contribution is 2.31. The van der Waals surface area contributed by atoms with Crippen LogP contribution in [0.5, 0.6) is 0 Å². The zero-order valence-corrected chi connectivity index (χ0v) is 13.9. The first-order chi connectivity index (χ1) is 10.2. The number of nitrogens with zero attached hydrogens (tertiary/aromatic N) is 1.